The van der Waals surface area contributed by atoms with Crippen molar-refractivity contribution in [2.45, 2.75) is 44.6 Å². The van der Waals surface area contributed by atoms with Gasteiger partial charge in [-0.3, -0.25) is 0 Å². The number of aryl methyl sites for hydroxylation is 2. The lowest BCUT2D eigenvalue weighted by atomic mass is 10.0. The van der Waals surface area contributed by atoms with Crippen LogP contribution in [0.25, 0.3) is 0 Å². The van der Waals surface area contributed by atoms with E-state index in [-0.39, 0.29) is 49.6 Å². The third-order valence-electron chi connectivity index (χ3n) is 6.04. The van der Waals surface area contributed by atoms with Crippen molar-refractivity contribution in [3.63, 3.8) is 0 Å². The molecule has 0 amide bonds. The number of methoxy groups -OCH3 is 2. The molecule has 0 aromatic carbocycles. The molecule has 0 radical (unpaired) electrons. The van der Waals surface area contributed by atoms with Crippen LogP contribution in [0.1, 0.15) is 36.8 Å². The molecule has 1 aliphatic heterocycles. The maximum Gasteiger partial charge on any atom is 0.212 e. The van der Waals surface area contributed by atoms with E-state index in [1.165, 1.54) is 37.2 Å². The van der Waals surface area contributed by atoms with Gasteiger partial charge in [0, 0.05) is 37.4 Å². The van der Waals surface area contributed by atoms with Crippen LogP contribution in [0.2, 0.25) is 0 Å². The van der Waals surface area contributed by atoms with Crippen molar-refractivity contribution >= 4 is 37.2 Å². The lowest BCUT2D eigenvalue weighted by molar-refractivity contribution is -0.933. The van der Waals surface area contributed by atoms with Crippen molar-refractivity contribution in [2.24, 2.45) is 5.73 Å². The van der Waals surface area contributed by atoms with Crippen molar-refractivity contribution in [2.75, 3.05) is 40.4 Å². The summed E-state index contributed by atoms with van der Waals surface area (Å²) in [5, 5.41) is 0. The zero-order valence-corrected chi connectivity index (χ0v) is 22.7. The van der Waals surface area contributed by atoms with Crippen LogP contribution in [0.4, 0.5) is 0 Å². The van der Waals surface area contributed by atoms with Crippen molar-refractivity contribution in [3.8, 4) is 11.8 Å². The molecular weight excluding hydrogens is 506 g/mol. The van der Waals surface area contributed by atoms with E-state index in [1.807, 2.05) is 24.5 Å². The van der Waals surface area contributed by atoms with E-state index < -0.39 is 0 Å². The van der Waals surface area contributed by atoms with E-state index >= 15 is 0 Å². The summed E-state index contributed by atoms with van der Waals surface area (Å²) in [7, 11) is 3.30. The Labute approximate surface area is 223 Å². The van der Waals surface area contributed by atoms with Gasteiger partial charge < -0.3 is 32.1 Å². The summed E-state index contributed by atoms with van der Waals surface area (Å²) in [5.74, 6) is 1.35. The molecule has 0 bridgehead atoms. The molecule has 0 saturated carbocycles. The number of likely N-dealkylation sites (tertiary alicyclic amines) is 1. The number of quaternary nitrogens is 1. The first-order chi connectivity index (χ1) is 14.1. The topological polar surface area (TPSA) is 70.3 Å². The first-order valence-corrected chi connectivity index (χ1v) is 10.7. The average molecular weight is 544 g/mol. The zero-order valence-electron chi connectivity index (χ0n) is 19.5. The van der Waals surface area contributed by atoms with Gasteiger partial charge in [-0.2, -0.15) is 0 Å². The highest BCUT2D eigenvalue weighted by Crippen LogP contribution is 2.22. The van der Waals surface area contributed by atoms with Crippen molar-refractivity contribution in [1.82, 2.24) is 9.97 Å². The van der Waals surface area contributed by atoms with E-state index in [4.69, 9.17) is 15.2 Å². The van der Waals surface area contributed by atoms with Gasteiger partial charge in [0.2, 0.25) is 11.8 Å². The van der Waals surface area contributed by atoms with Crippen LogP contribution in [-0.4, -0.2) is 60.9 Å². The number of piperidine rings is 1. The zero-order chi connectivity index (χ0) is 20.5. The van der Waals surface area contributed by atoms with Gasteiger partial charge in [-0.05, 0) is 36.8 Å². The Kier molecular flexibility index (Phi) is 18.0. The molecule has 2 aromatic rings. The minimum absolute atomic E-state index is 0. The number of hydrogen-bond donors (Lipinski definition) is 1. The SMILES string of the molecule is COc1ccc(CCC[N+]2(CCCc3ccc(OC)nc3)CCC[C@H](N)C2)cn1.Cl.Cl.Cl.[Cl-]. The Morgan fingerprint density at radius 1 is 0.879 bits per heavy atom. The van der Waals surface area contributed by atoms with Crippen LogP contribution < -0.4 is 27.6 Å². The molecule has 1 atom stereocenters. The highest BCUT2D eigenvalue weighted by molar-refractivity contribution is 5.86. The number of halogens is 4. The second-order valence-electron chi connectivity index (χ2n) is 8.22. The van der Waals surface area contributed by atoms with Gasteiger partial charge in [-0.15, -0.1) is 37.2 Å². The normalized spacial score (nSPS) is 16.2. The Balaban J connectivity index is 0. The fourth-order valence-corrected chi connectivity index (χ4v) is 4.48. The van der Waals surface area contributed by atoms with Crippen molar-refractivity contribution in [3.05, 3.63) is 47.8 Å². The Morgan fingerprint density at radius 2 is 1.36 bits per heavy atom. The van der Waals surface area contributed by atoms with Gasteiger partial charge in [0.05, 0.1) is 46.4 Å². The second kappa shape index (κ2) is 17.4. The van der Waals surface area contributed by atoms with E-state index in [0.717, 1.165) is 43.1 Å². The van der Waals surface area contributed by atoms with Crippen molar-refractivity contribution in [1.29, 1.82) is 0 Å². The Morgan fingerprint density at radius 3 is 1.73 bits per heavy atom. The van der Waals surface area contributed by atoms with Gasteiger partial charge in [0.1, 0.15) is 0 Å². The van der Waals surface area contributed by atoms with E-state index in [0.29, 0.717) is 17.8 Å². The third kappa shape index (κ3) is 10.8. The fraction of sp³-hybridized carbons (Fsp3) is 0.565. The number of pyridine rings is 2. The molecule has 0 aliphatic carbocycles. The molecule has 1 aliphatic rings. The minimum Gasteiger partial charge on any atom is -1.00 e. The number of aromatic nitrogens is 2. The molecule has 190 valence electrons. The van der Waals surface area contributed by atoms with Gasteiger partial charge in [0.15, 0.2) is 0 Å². The summed E-state index contributed by atoms with van der Waals surface area (Å²) in [6.07, 6.45) is 10.7. The predicted octanol–water partition coefficient (Wildman–Crippen LogP) is 1.27. The van der Waals surface area contributed by atoms with Gasteiger partial charge in [-0.1, -0.05) is 12.1 Å². The van der Waals surface area contributed by atoms with Gasteiger partial charge in [-0.25, -0.2) is 9.97 Å². The molecule has 2 N–H and O–H groups in total. The van der Waals surface area contributed by atoms with Crippen LogP contribution in [-0.2, 0) is 12.8 Å². The Hall–Kier alpha value is -1.02. The largest absolute Gasteiger partial charge is 1.00 e. The van der Waals surface area contributed by atoms with Gasteiger partial charge >= 0.3 is 0 Å². The molecule has 6 nitrogen and oxygen atoms in total. The molecule has 10 heteroatoms. The highest BCUT2D eigenvalue weighted by atomic mass is 35.5. The lowest BCUT2D eigenvalue weighted by Gasteiger charge is -2.44. The van der Waals surface area contributed by atoms with Crippen LogP contribution >= 0.6 is 37.2 Å². The summed E-state index contributed by atoms with van der Waals surface area (Å²) in [6.45, 7) is 4.71. The van der Waals surface area contributed by atoms with Crippen molar-refractivity contribution < 1.29 is 26.4 Å². The molecule has 1 fully saturated rings. The maximum atomic E-state index is 6.38. The number of ether oxygens (including phenoxy) is 2. The van der Waals surface area contributed by atoms with Gasteiger partial charge in [0.25, 0.3) is 0 Å². The van der Waals surface area contributed by atoms with E-state index in [1.54, 1.807) is 14.2 Å². The fourth-order valence-electron chi connectivity index (χ4n) is 4.48. The van der Waals surface area contributed by atoms with Crippen LogP contribution in [0, 0.1) is 0 Å². The summed E-state index contributed by atoms with van der Waals surface area (Å²) in [4.78, 5) is 8.65. The smallest absolute Gasteiger partial charge is 0.212 e. The molecule has 2 aromatic heterocycles. The molecule has 33 heavy (non-hydrogen) atoms. The molecule has 3 heterocycles. The third-order valence-corrected chi connectivity index (χ3v) is 6.04. The standard InChI is InChI=1S/C23H35N4O2.4ClH/c1-28-22-11-9-19(16-25-22)6-3-13-27(15-5-8-21(24)18-27)14-4-7-20-10-12-23(29-2)26-17-20;;;;/h9-12,16-17,21H,3-8,13-15,18,24H2,1-2H3;4*1H/q+1;;;;/p-1/t21-;;;;/m0..../s1. The number of hydrogen-bond acceptors (Lipinski definition) is 5. The molecule has 0 spiro atoms. The summed E-state index contributed by atoms with van der Waals surface area (Å²) in [5.41, 5.74) is 8.92. The lowest BCUT2D eigenvalue weighted by Crippen LogP contribution is -3.00. The van der Waals surface area contributed by atoms with Crippen LogP contribution in [0.15, 0.2) is 36.7 Å². The maximum absolute atomic E-state index is 6.38. The summed E-state index contributed by atoms with van der Waals surface area (Å²) >= 11 is 0. The number of nitrogens with two attached hydrogens (primary N) is 1. The first kappa shape index (κ1) is 34.1. The molecule has 3 rings (SSSR count). The second-order valence-corrected chi connectivity index (χ2v) is 8.22. The van der Waals surface area contributed by atoms with E-state index in [2.05, 4.69) is 22.1 Å². The first-order valence-electron chi connectivity index (χ1n) is 10.7. The molecule has 1 saturated heterocycles. The molecule has 0 unspecified atom stereocenters. The Bertz CT molecular complexity index is 698. The average Bonchev–Trinajstić information content (AvgIpc) is 2.75. The number of rotatable bonds is 10. The predicted molar refractivity (Wildman–Crippen MR) is 137 cm³/mol. The highest BCUT2D eigenvalue weighted by Gasteiger charge is 2.32. The van der Waals surface area contributed by atoms with Crippen LogP contribution in [0.5, 0.6) is 11.8 Å². The molecular formula is C23H38Cl4N4O2. The van der Waals surface area contributed by atoms with Crippen LogP contribution in [0.3, 0.4) is 0 Å². The summed E-state index contributed by atoms with van der Waals surface area (Å²) < 4.78 is 11.4. The monoisotopic (exact) mass is 542 g/mol. The number of nitrogens with zero attached hydrogens (tertiary/aromatic N) is 3. The quantitative estimate of drug-likeness (QED) is 0.457. The van der Waals surface area contributed by atoms with E-state index in [9.17, 15) is 0 Å². The minimum atomic E-state index is 0. The summed E-state index contributed by atoms with van der Waals surface area (Å²) in [6, 6.07) is 8.46.